The first kappa shape index (κ1) is 37.6. The third kappa shape index (κ3) is 20.2. The number of aromatic hydroxyl groups is 1. The Morgan fingerprint density at radius 3 is 1.98 bits per heavy atom. The number of aliphatic imine (C=N–C) groups is 1. The van der Waals surface area contributed by atoms with E-state index in [1.807, 2.05) is 6.92 Å². The molecule has 0 aliphatic rings. The van der Waals surface area contributed by atoms with Gasteiger partial charge in [-0.25, -0.2) is 0 Å². The van der Waals surface area contributed by atoms with Crippen molar-refractivity contribution < 1.29 is 19.5 Å². The van der Waals surface area contributed by atoms with Crippen LogP contribution in [0.25, 0.3) is 0 Å². The number of nitrogens with two attached hydrogens (primary N) is 3. The molecule has 1 aromatic rings. The van der Waals surface area contributed by atoms with Gasteiger partial charge in [-0.15, -0.1) is 0 Å². The molecule has 12 N–H and O–H groups in total. The Bertz CT molecular complexity index is 940. The first-order chi connectivity index (χ1) is 20.7. The van der Waals surface area contributed by atoms with Gasteiger partial charge in [-0.1, -0.05) is 19.1 Å². The van der Waals surface area contributed by atoms with E-state index in [0.29, 0.717) is 45.3 Å². The number of phenols is 1. The molecule has 13 nitrogen and oxygen atoms in total. The largest absolute Gasteiger partial charge is 0.508 e. The Hall–Kier alpha value is -3.42. The highest BCUT2D eigenvalue weighted by Crippen LogP contribution is 2.11. The molecule has 244 valence electrons. The fourth-order valence-electron chi connectivity index (χ4n) is 4.24. The molecular formula is C30H55N9O4. The van der Waals surface area contributed by atoms with Crippen LogP contribution in [-0.4, -0.2) is 86.7 Å². The summed E-state index contributed by atoms with van der Waals surface area (Å²) in [6.07, 6.45) is 7.33. The number of hydrogen-bond donors (Lipinski definition) is 9. The predicted octanol–water partition coefficient (Wildman–Crippen LogP) is -0.0374. The number of guanidine groups is 1. The lowest BCUT2D eigenvalue weighted by atomic mass is 10.0. The van der Waals surface area contributed by atoms with Crippen molar-refractivity contribution in [2.45, 2.75) is 83.2 Å². The molecule has 0 bridgehead atoms. The zero-order valence-corrected chi connectivity index (χ0v) is 25.8. The van der Waals surface area contributed by atoms with E-state index in [4.69, 9.17) is 17.2 Å². The summed E-state index contributed by atoms with van der Waals surface area (Å²) in [4.78, 5) is 40.8. The molecule has 0 heterocycles. The fraction of sp³-hybridized carbons (Fsp3) is 0.667. The van der Waals surface area contributed by atoms with Gasteiger partial charge in [0.2, 0.25) is 17.7 Å². The average molecular weight is 606 g/mol. The van der Waals surface area contributed by atoms with Gasteiger partial charge in [-0.3, -0.25) is 19.4 Å². The van der Waals surface area contributed by atoms with Crippen LogP contribution in [0, 0.1) is 0 Å². The van der Waals surface area contributed by atoms with Gasteiger partial charge in [0.1, 0.15) is 11.8 Å². The maximum absolute atomic E-state index is 12.8. The van der Waals surface area contributed by atoms with Crippen molar-refractivity contribution in [3.8, 4) is 5.75 Å². The average Bonchev–Trinajstić information content (AvgIpc) is 2.97. The summed E-state index contributed by atoms with van der Waals surface area (Å²) in [5.41, 5.74) is 17.3. The number of unbranched alkanes of at least 4 members (excludes halogenated alkanes) is 2. The second-order valence-corrected chi connectivity index (χ2v) is 10.6. The van der Waals surface area contributed by atoms with E-state index in [1.54, 1.807) is 24.3 Å². The molecule has 13 heteroatoms. The highest BCUT2D eigenvalue weighted by molar-refractivity contribution is 5.87. The van der Waals surface area contributed by atoms with Crippen molar-refractivity contribution in [1.29, 1.82) is 0 Å². The highest BCUT2D eigenvalue weighted by atomic mass is 16.3. The number of rotatable bonds is 25. The van der Waals surface area contributed by atoms with Crippen molar-refractivity contribution in [2.24, 2.45) is 22.2 Å². The summed E-state index contributed by atoms with van der Waals surface area (Å²) in [7, 11) is 0. The number of hydrogen-bond acceptors (Lipinski definition) is 8. The molecule has 3 amide bonds. The maximum atomic E-state index is 12.8. The van der Waals surface area contributed by atoms with Crippen LogP contribution < -0.4 is 43.8 Å². The second kappa shape index (κ2) is 24.1. The maximum Gasteiger partial charge on any atom is 0.242 e. The minimum absolute atomic E-state index is 0.0766. The van der Waals surface area contributed by atoms with Crippen molar-refractivity contribution in [3.63, 3.8) is 0 Å². The number of nitrogens with zero attached hydrogens (tertiary/aromatic N) is 1. The highest BCUT2D eigenvalue weighted by Gasteiger charge is 2.20. The number of benzene rings is 1. The van der Waals surface area contributed by atoms with Crippen molar-refractivity contribution in [2.75, 3.05) is 45.8 Å². The normalized spacial score (nSPS) is 12.2. The van der Waals surface area contributed by atoms with Crippen molar-refractivity contribution in [1.82, 2.24) is 26.6 Å². The molecule has 0 spiro atoms. The zero-order chi connectivity index (χ0) is 31.7. The molecule has 0 fully saturated rings. The van der Waals surface area contributed by atoms with E-state index in [2.05, 4.69) is 31.6 Å². The summed E-state index contributed by atoms with van der Waals surface area (Å²) < 4.78 is 0. The number of carbonyl (C=O) groups excluding carboxylic acids is 3. The molecule has 0 aromatic heterocycles. The van der Waals surface area contributed by atoms with Gasteiger partial charge in [0.25, 0.3) is 0 Å². The molecule has 1 rings (SSSR count). The van der Waals surface area contributed by atoms with Crippen molar-refractivity contribution in [3.05, 3.63) is 29.8 Å². The number of amides is 3. The third-order valence-electron chi connectivity index (χ3n) is 6.68. The minimum atomic E-state index is -0.656. The van der Waals surface area contributed by atoms with Gasteiger partial charge in [-0.05, 0) is 95.2 Å². The second-order valence-electron chi connectivity index (χ2n) is 10.6. The summed E-state index contributed by atoms with van der Waals surface area (Å²) in [6.45, 7) is 7.00. The van der Waals surface area contributed by atoms with Gasteiger partial charge in [-0.2, -0.15) is 0 Å². The molecule has 0 unspecified atom stereocenters. The molecule has 2 atom stereocenters. The Labute approximate surface area is 256 Å². The monoisotopic (exact) mass is 605 g/mol. The van der Waals surface area contributed by atoms with Gasteiger partial charge >= 0.3 is 0 Å². The van der Waals surface area contributed by atoms with Crippen LogP contribution in [0.1, 0.15) is 70.3 Å². The Kier molecular flexibility index (Phi) is 21.0. The smallest absolute Gasteiger partial charge is 0.242 e. The van der Waals surface area contributed by atoms with Crippen LogP contribution in [0.4, 0.5) is 0 Å². The molecule has 1 aromatic carbocycles. The van der Waals surface area contributed by atoms with Crippen LogP contribution in [0.15, 0.2) is 29.3 Å². The van der Waals surface area contributed by atoms with Gasteiger partial charge in [0.05, 0.1) is 6.04 Å². The van der Waals surface area contributed by atoms with Crippen LogP contribution in [-0.2, 0) is 20.8 Å². The summed E-state index contributed by atoms with van der Waals surface area (Å²) in [5, 5.41) is 24.9. The predicted molar refractivity (Wildman–Crippen MR) is 171 cm³/mol. The van der Waals surface area contributed by atoms with E-state index in [0.717, 1.165) is 70.3 Å². The van der Waals surface area contributed by atoms with Gasteiger partial charge < -0.3 is 48.9 Å². The lowest BCUT2D eigenvalue weighted by molar-refractivity contribution is -0.129. The molecule has 0 radical (unpaired) electrons. The standard InChI is InChI=1S/C30H55N9O4/c1-2-9-27(41)39-26(22-23-11-13-24(40)14-12-23)29(43)37-21-8-18-35-16-6-5-15-34-17-7-20-36-28(42)25(31)10-3-4-19-38-30(32)33/h11-14,25-26,34-35,40H,2-10,15-22,31H2,1H3,(H,36,42)(H,37,43)(H,39,41)(H4,32,33,38)/t25-,26-/m0/s1. The topological polar surface area (TPSA) is 222 Å². The Balaban J connectivity index is 2.04. The first-order valence-corrected chi connectivity index (χ1v) is 15.6. The molecule has 0 aliphatic heterocycles. The Morgan fingerprint density at radius 2 is 1.40 bits per heavy atom. The molecule has 0 aliphatic carbocycles. The molecular weight excluding hydrogens is 550 g/mol. The number of nitrogens with one attached hydrogen (secondary N) is 5. The quantitative estimate of drug-likeness (QED) is 0.0414. The van der Waals surface area contributed by atoms with E-state index in [9.17, 15) is 19.5 Å². The first-order valence-electron chi connectivity index (χ1n) is 15.6. The fourth-order valence-corrected chi connectivity index (χ4v) is 4.24. The van der Waals surface area contributed by atoms with E-state index in [1.165, 1.54) is 0 Å². The molecule has 0 saturated heterocycles. The summed E-state index contributed by atoms with van der Waals surface area (Å²) >= 11 is 0. The van der Waals surface area contributed by atoms with Crippen LogP contribution in [0.2, 0.25) is 0 Å². The van der Waals surface area contributed by atoms with Crippen LogP contribution in [0.3, 0.4) is 0 Å². The lowest BCUT2D eigenvalue weighted by Gasteiger charge is -2.19. The SMILES string of the molecule is CCCC(=O)N[C@@H](Cc1ccc(O)cc1)C(=O)NCCCNCCCCNCCCNC(=O)[C@@H](N)CCCCN=C(N)N. The summed E-state index contributed by atoms with van der Waals surface area (Å²) in [5.74, 6) is -0.240. The third-order valence-corrected chi connectivity index (χ3v) is 6.68. The van der Waals surface area contributed by atoms with Gasteiger partial charge in [0.15, 0.2) is 5.96 Å². The molecule has 43 heavy (non-hydrogen) atoms. The van der Waals surface area contributed by atoms with Gasteiger partial charge in [0, 0.05) is 32.5 Å². The van der Waals surface area contributed by atoms with Crippen molar-refractivity contribution >= 4 is 23.7 Å². The Morgan fingerprint density at radius 1 is 0.814 bits per heavy atom. The van der Waals surface area contributed by atoms with E-state index >= 15 is 0 Å². The van der Waals surface area contributed by atoms with Crippen LogP contribution >= 0.6 is 0 Å². The molecule has 0 saturated carbocycles. The number of phenolic OH excluding ortho intramolecular Hbond substituents is 1. The van der Waals surface area contributed by atoms with Crippen LogP contribution in [0.5, 0.6) is 5.75 Å². The zero-order valence-electron chi connectivity index (χ0n) is 25.8. The summed E-state index contributed by atoms with van der Waals surface area (Å²) in [6, 6.07) is 5.48. The van der Waals surface area contributed by atoms with E-state index < -0.39 is 12.1 Å². The minimum Gasteiger partial charge on any atom is -0.508 e. The number of carbonyl (C=O) groups is 3. The lowest BCUT2D eigenvalue weighted by Crippen LogP contribution is -2.48. The van der Waals surface area contributed by atoms with E-state index in [-0.39, 0.29) is 29.4 Å².